The molecule has 2 aromatic carbocycles. The van der Waals surface area contributed by atoms with Crippen molar-refractivity contribution >= 4 is 33.2 Å². The first-order valence-corrected chi connectivity index (χ1v) is 11.2. The van der Waals surface area contributed by atoms with Crippen molar-refractivity contribution in [3.8, 4) is 0 Å². The number of nitrogens with one attached hydrogen (secondary N) is 2. The summed E-state index contributed by atoms with van der Waals surface area (Å²) in [6.45, 7) is 0.283. The Morgan fingerprint density at radius 3 is 2.55 bits per heavy atom. The molecule has 0 spiro atoms. The van der Waals surface area contributed by atoms with E-state index >= 15 is 0 Å². The number of sulfonamides is 1. The van der Waals surface area contributed by atoms with Crippen LogP contribution in [0, 0.1) is 17.6 Å². The highest BCUT2D eigenvalue weighted by atomic mass is 35.5. The number of amides is 1. The molecule has 1 aliphatic rings. The Hall–Kier alpha value is -2.03. The molecule has 0 atom stereocenters. The third-order valence-electron chi connectivity index (χ3n) is 4.99. The van der Waals surface area contributed by atoms with E-state index in [1.807, 2.05) is 0 Å². The summed E-state index contributed by atoms with van der Waals surface area (Å²) in [5.74, 6) is -1.95. The second kappa shape index (κ2) is 9.19. The van der Waals surface area contributed by atoms with Crippen molar-refractivity contribution in [1.82, 2.24) is 4.72 Å². The maximum absolute atomic E-state index is 14.2. The Labute approximate surface area is 173 Å². The van der Waals surface area contributed by atoms with E-state index in [4.69, 9.17) is 11.6 Å². The van der Waals surface area contributed by atoms with E-state index in [1.54, 1.807) is 0 Å². The fourth-order valence-electron chi connectivity index (χ4n) is 3.41. The topological polar surface area (TPSA) is 75.3 Å². The van der Waals surface area contributed by atoms with E-state index < -0.39 is 33.1 Å². The zero-order valence-electron chi connectivity index (χ0n) is 15.6. The molecule has 1 saturated carbocycles. The fourth-order valence-corrected chi connectivity index (χ4v) is 4.65. The van der Waals surface area contributed by atoms with Gasteiger partial charge >= 0.3 is 0 Å². The van der Waals surface area contributed by atoms with Crippen LogP contribution in [0.4, 0.5) is 14.5 Å². The molecule has 0 aromatic heterocycles. The number of halogens is 3. The molecule has 2 aromatic rings. The third kappa shape index (κ3) is 5.52. The van der Waals surface area contributed by atoms with Crippen LogP contribution in [0.5, 0.6) is 0 Å². The number of carbonyl (C=O) groups excluding carboxylic acids is 1. The van der Waals surface area contributed by atoms with Gasteiger partial charge in [-0.25, -0.2) is 21.9 Å². The van der Waals surface area contributed by atoms with Crippen molar-refractivity contribution in [3.63, 3.8) is 0 Å². The van der Waals surface area contributed by atoms with Crippen LogP contribution in [0.15, 0.2) is 41.3 Å². The molecule has 1 aliphatic carbocycles. The van der Waals surface area contributed by atoms with Crippen molar-refractivity contribution in [1.29, 1.82) is 0 Å². The molecule has 0 saturated heterocycles. The second-order valence-corrected chi connectivity index (χ2v) is 9.23. The largest absolute Gasteiger partial charge is 0.320 e. The lowest BCUT2D eigenvalue weighted by Crippen LogP contribution is -2.26. The Morgan fingerprint density at radius 2 is 1.83 bits per heavy atom. The second-order valence-electron chi connectivity index (χ2n) is 7.06. The van der Waals surface area contributed by atoms with Gasteiger partial charge in [-0.3, -0.25) is 4.79 Å². The summed E-state index contributed by atoms with van der Waals surface area (Å²) >= 11 is 5.90. The summed E-state index contributed by atoms with van der Waals surface area (Å²) in [5, 5.41) is 2.37. The van der Waals surface area contributed by atoms with Crippen LogP contribution in [0.1, 0.15) is 42.5 Å². The van der Waals surface area contributed by atoms with Gasteiger partial charge in [-0.15, -0.1) is 0 Å². The summed E-state index contributed by atoms with van der Waals surface area (Å²) in [6, 6.07) is 6.31. The molecule has 0 heterocycles. The number of anilines is 1. The summed E-state index contributed by atoms with van der Waals surface area (Å²) < 4.78 is 55.1. The van der Waals surface area contributed by atoms with E-state index in [0.717, 1.165) is 49.6 Å². The predicted molar refractivity (Wildman–Crippen MR) is 108 cm³/mol. The summed E-state index contributed by atoms with van der Waals surface area (Å²) in [7, 11) is -3.90. The van der Waals surface area contributed by atoms with E-state index in [1.165, 1.54) is 18.9 Å². The van der Waals surface area contributed by atoms with Gasteiger partial charge in [0.2, 0.25) is 10.0 Å². The molecule has 9 heteroatoms. The van der Waals surface area contributed by atoms with E-state index in [0.29, 0.717) is 5.92 Å². The first kappa shape index (κ1) is 21.7. The molecule has 5 nitrogen and oxygen atoms in total. The van der Waals surface area contributed by atoms with E-state index in [-0.39, 0.29) is 22.2 Å². The monoisotopic (exact) mass is 442 g/mol. The van der Waals surface area contributed by atoms with Crippen LogP contribution in [-0.2, 0) is 10.0 Å². The zero-order chi connectivity index (χ0) is 21.0. The predicted octanol–water partition coefficient (Wildman–Crippen LogP) is 4.73. The van der Waals surface area contributed by atoms with Crippen LogP contribution in [0.2, 0.25) is 5.02 Å². The van der Waals surface area contributed by atoms with Gasteiger partial charge in [0.15, 0.2) is 0 Å². The molecule has 156 valence electrons. The summed E-state index contributed by atoms with van der Waals surface area (Å²) in [4.78, 5) is 12.2. The lowest BCUT2D eigenvalue weighted by molar-refractivity contribution is 0.102. The smallest absolute Gasteiger partial charge is 0.258 e. The Morgan fingerprint density at radius 1 is 1.10 bits per heavy atom. The van der Waals surface area contributed by atoms with Crippen molar-refractivity contribution < 1.29 is 22.0 Å². The molecule has 0 unspecified atom stereocenters. The molecular weight excluding hydrogens is 422 g/mol. The number of rotatable bonds is 7. The number of hydrogen-bond donors (Lipinski definition) is 2. The summed E-state index contributed by atoms with van der Waals surface area (Å²) in [5.41, 5.74) is -0.525. The van der Waals surface area contributed by atoms with Gasteiger partial charge < -0.3 is 5.32 Å². The van der Waals surface area contributed by atoms with Crippen LogP contribution in [-0.4, -0.2) is 20.9 Å². The minimum Gasteiger partial charge on any atom is -0.320 e. The number of benzene rings is 2. The highest BCUT2D eigenvalue weighted by molar-refractivity contribution is 7.89. The first-order chi connectivity index (χ1) is 13.8. The number of carbonyl (C=O) groups is 1. The van der Waals surface area contributed by atoms with Crippen molar-refractivity contribution in [2.45, 2.75) is 37.0 Å². The molecule has 0 bridgehead atoms. The van der Waals surface area contributed by atoms with Crippen LogP contribution >= 0.6 is 11.6 Å². The van der Waals surface area contributed by atoms with Gasteiger partial charge in [0.1, 0.15) is 11.6 Å². The Balaban J connectivity index is 1.74. The van der Waals surface area contributed by atoms with Crippen LogP contribution in [0.25, 0.3) is 0 Å². The SMILES string of the molecule is O=C(Nc1cc(F)ccc1Cl)c1cc(S(=O)(=O)NCCC2CCCC2)ccc1F. The zero-order valence-corrected chi connectivity index (χ0v) is 17.1. The van der Waals surface area contributed by atoms with Gasteiger partial charge in [0, 0.05) is 6.54 Å². The first-order valence-electron chi connectivity index (χ1n) is 9.32. The van der Waals surface area contributed by atoms with Gasteiger partial charge in [-0.05, 0) is 48.7 Å². The number of hydrogen-bond acceptors (Lipinski definition) is 3. The minimum absolute atomic E-state index is 0.0426. The van der Waals surface area contributed by atoms with Gasteiger partial charge in [-0.1, -0.05) is 37.3 Å². The molecular formula is C20H21ClF2N2O3S. The molecule has 0 radical (unpaired) electrons. The van der Waals surface area contributed by atoms with Crippen LogP contribution in [0.3, 0.4) is 0 Å². The van der Waals surface area contributed by atoms with E-state index in [9.17, 15) is 22.0 Å². The highest BCUT2D eigenvalue weighted by Crippen LogP contribution is 2.27. The average molecular weight is 443 g/mol. The maximum atomic E-state index is 14.2. The summed E-state index contributed by atoms with van der Waals surface area (Å²) in [6.07, 6.45) is 5.29. The van der Waals surface area contributed by atoms with Gasteiger partial charge in [0.05, 0.1) is 21.2 Å². The molecule has 1 fully saturated rings. The molecule has 29 heavy (non-hydrogen) atoms. The lowest BCUT2D eigenvalue weighted by atomic mass is 10.1. The molecule has 2 N–H and O–H groups in total. The molecule has 1 amide bonds. The average Bonchev–Trinajstić information content (AvgIpc) is 3.18. The Bertz CT molecular complexity index is 1010. The van der Waals surface area contributed by atoms with Gasteiger partial charge in [-0.2, -0.15) is 0 Å². The van der Waals surface area contributed by atoms with Crippen molar-refractivity contribution in [2.75, 3.05) is 11.9 Å². The lowest BCUT2D eigenvalue weighted by Gasteiger charge is -2.12. The molecule has 0 aliphatic heterocycles. The van der Waals surface area contributed by atoms with Crippen LogP contribution < -0.4 is 10.0 Å². The normalized spacial score (nSPS) is 14.9. The Kier molecular flexibility index (Phi) is 6.87. The van der Waals surface area contributed by atoms with Crippen molar-refractivity contribution in [2.24, 2.45) is 5.92 Å². The fraction of sp³-hybridized carbons (Fsp3) is 0.350. The molecule has 3 rings (SSSR count). The minimum atomic E-state index is -3.90. The highest BCUT2D eigenvalue weighted by Gasteiger charge is 2.21. The maximum Gasteiger partial charge on any atom is 0.258 e. The quantitative estimate of drug-likeness (QED) is 0.651. The van der Waals surface area contributed by atoms with Crippen molar-refractivity contribution in [3.05, 3.63) is 58.6 Å². The van der Waals surface area contributed by atoms with E-state index in [2.05, 4.69) is 10.0 Å². The third-order valence-corrected chi connectivity index (χ3v) is 6.78. The standard InChI is InChI=1S/C20H21ClF2N2O3S/c21-17-7-5-14(22)11-19(17)25-20(26)16-12-15(6-8-18(16)23)29(27,28)24-10-9-13-3-1-2-4-13/h5-8,11-13,24H,1-4,9-10H2,(H,25,26). The van der Waals surface area contributed by atoms with Gasteiger partial charge in [0.25, 0.3) is 5.91 Å².